The molecular formula is C18H26ClFN4O3. The molecular weight excluding hydrogens is 375 g/mol. The highest BCUT2D eigenvalue weighted by molar-refractivity contribution is 5.85. The fraction of sp³-hybridized carbons (Fsp3) is 0.611. The maximum Gasteiger partial charge on any atom is 0.274 e. The fourth-order valence-electron chi connectivity index (χ4n) is 3.84. The molecule has 2 unspecified atom stereocenters. The van der Waals surface area contributed by atoms with E-state index in [0.717, 1.165) is 51.4 Å². The predicted octanol–water partition coefficient (Wildman–Crippen LogP) is 2.24. The van der Waals surface area contributed by atoms with E-state index in [-0.39, 0.29) is 30.0 Å². The zero-order valence-corrected chi connectivity index (χ0v) is 16.0. The van der Waals surface area contributed by atoms with Gasteiger partial charge in [0, 0.05) is 31.3 Å². The molecule has 0 aliphatic carbocycles. The van der Waals surface area contributed by atoms with Crippen LogP contribution >= 0.6 is 12.4 Å². The zero-order valence-electron chi connectivity index (χ0n) is 15.2. The van der Waals surface area contributed by atoms with Crippen molar-refractivity contribution in [2.45, 2.75) is 38.3 Å². The molecule has 2 aliphatic heterocycles. The van der Waals surface area contributed by atoms with E-state index in [4.69, 9.17) is 0 Å². The van der Waals surface area contributed by atoms with E-state index < -0.39 is 10.7 Å². The number of carbonyl (C=O) groups excluding carboxylic acids is 1. The lowest BCUT2D eigenvalue weighted by molar-refractivity contribution is -0.385. The van der Waals surface area contributed by atoms with Crippen LogP contribution in [0.25, 0.3) is 0 Å². The summed E-state index contributed by atoms with van der Waals surface area (Å²) in [6, 6.07) is 3.51. The number of benzene rings is 1. The summed E-state index contributed by atoms with van der Waals surface area (Å²) in [4.78, 5) is 24.9. The Labute approximate surface area is 164 Å². The molecule has 2 N–H and O–H groups in total. The summed E-state index contributed by atoms with van der Waals surface area (Å²) in [6.07, 6.45) is 3.89. The van der Waals surface area contributed by atoms with E-state index in [1.807, 2.05) is 0 Å². The number of halogens is 2. The fourth-order valence-corrected chi connectivity index (χ4v) is 3.84. The Balaban J connectivity index is 0.00000261. The largest absolute Gasteiger partial charge is 0.354 e. The van der Waals surface area contributed by atoms with Gasteiger partial charge in [0.2, 0.25) is 5.91 Å². The van der Waals surface area contributed by atoms with Gasteiger partial charge in [-0.1, -0.05) is 0 Å². The maximum absolute atomic E-state index is 13.5. The first-order chi connectivity index (χ1) is 12.5. The summed E-state index contributed by atoms with van der Waals surface area (Å²) in [5.74, 6) is -0.0994. The average Bonchev–Trinajstić information content (AvgIpc) is 3.14. The van der Waals surface area contributed by atoms with Crippen LogP contribution in [-0.4, -0.2) is 48.0 Å². The number of amides is 1. The van der Waals surface area contributed by atoms with Gasteiger partial charge in [0.25, 0.3) is 5.69 Å². The normalized spacial score (nSPS) is 22.9. The van der Waals surface area contributed by atoms with Crippen LogP contribution < -0.4 is 10.6 Å². The number of nitrogens with zero attached hydrogens (tertiary/aromatic N) is 2. The molecule has 150 valence electrons. The zero-order chi connectivity index (χ0) is 18.5. The summed E-state index contributed by atoms with van der Waals surface area (Å²) in [6.45, 7) is 3.41. The minimum Gasteiger partial charge on any atom is -0.354 e. The van der Waals surface area contributed by atoms with Crippen LogP contribution in [0, 0.1) is 21.8 Å². The number of piperidine rings is 1. The van der Waals surface area contributed by atoms with Gasteiger partial charge in [-0.25, -0.2) is 4.39 Å². The van der Waals surface area contributed by atoms with Crippen molar-refractivity contribution in [3.05, 3.63) is 39.7 Å². The Kier molecular flexibility index (Phi) is 7.94. The lowest BCUT2D eigenvalue weighted by Crippen LogP contribution is -2.45. The van der Waals surface area contributed by atoms with Crippen LogP contribution in [0.3, 0.4) is 0 Å². The number of hydrogen-bond donors (Lipinski definition) is 2. The first kappa shape index (κ1) is 21.5. The second kappa shape index (κ2) is 9.96. The highest BCUT2D eigenvalue weighted by Gasteiger charge is 2.26. The molecule has 1 aromatic carbocycles. The Morgan fingerprint density at radius 3 is 2.89 bits per heavy atom. The minimum atomic E-state index is -0.467. The van der Waals surface area contributed by atoms with E-state index in [2.05, 4.69) is 15.5 Å². The molecule has 9 heteroatoms. The molecule has 0 radical (unpaired) electrons. The maximum atomic E-state index is 13.5. The van der Waals surface area contributed by atoms with Gasteiger partial charge in [-0.3, -0.25) is 19.8 Å². The van der Waals surface area contributed by atoms with Crippen molar-refractivity contribution in [1.82, 2.24) is 15.5 Å². The number of nitro benzene ring substituents is 1. The third kappa shape index (κ3) is 5.85. The van der Waals surface area contributed by atoms with E-state index >= 15 is 0 Å². The van der Waals surface area contributed by atoms with Crippen molar-refractivity contribution in [3.63, 3.8) is 0 Å². The molecule has 0 bridgehead atoms. The number of rotatable bonds is 6. The van der Waals surface area contributed by atoms with Crippen LogP contribution in [-0.2, 0) is 11.3 Å². The highest BCUT2D eigenvalue weighted by Crippen LogP contribution is 2.24. The third-order valence-electron chi connectivity index (χ3n) is 5.18. The van der Waals surface area contributed by atoms with Crippen molar-refractivity contribution in [1.29, 1.82) is 0 Å². The van der Waals surface area contributed by atoms with Gasteiger partial charge < -0.3 is 10.6 Å². The highest BCUT2D eigenvalue weighted by atomic mass is 35.5. The van der Waals surface area contributed by atoms with Gasteiger partial charge in [-0.05, 0) is 56.8 Å². The smallest absolute Gasteiger partial charge is 0.274 e. The summed E-state index contributed by atoms with van der Waals surface area (Å²) in [7, 11) is 0. The van der Waals surface area contributed by atoms with Crippen LogP contribution in [0.2, 0.25) is 0 Å². The second-order valence-electron chi connectivity index (χ2n) is 7.17. The first-order valence-electron chi connectivity index (χ1n) is 9.19. The number of hydrogen-bond acceptors (Lipinski definition) is 5. The molecule has 2 atom stereocenters. The summed E-state index contributed by atoms with van der Waals surface area (Å²) in [5, 5.41) is 17.4. The molecule has 27 heavy (non-hydrogen) atoms. The van der Waals surface area contributed by atoms with Crippen molar-refractivity contribution in [2.24, 2.45) is 5.92 Å². The number of carbonyl (C=O) groups is 1. The van der Waals surface area contributed by atoms with Gasteiger partial charge in [-0.2, -0.15) is 0 Å². The van der Waals surface area contributed by atoms with Crippen LogP contribution in [0.1, 0.15) is 31.2 Å². The standard InChI is InChI=1S/C18H25FN4O3.ClH/c19-15-5-6-17(23(25)26)14(9-15)12-22-8-2-3-13(11-22)10-21-18(24)16-4-1-7-20-16;/h5-6,9,13,16,20H,1-4,7-8,10-12H2,(H,21,24);1H. The number of nitro groups is 1. The molecule has 0 spiro atoms. The van der Waals surface area contributed by atoms with Crippen molar-refractivity contribution in [3.8, 4) is 0 Å². The van der Waals surface area contributed by atoms with Crippen LogP contribution in [0.15, 0.2) is 18.2 Å². The Morgan fingerprint density at radius 1 is 1.37 bits per heavy atom. The Morgan fingerprint density at radius 2 is 2.19 bits per heavy atom. The molecule has 0 saturated carbocycles. The lowest BCUT2D eigenvalue weighted by atomic mass is 9.97. The predicted molar refractivity (Wildman–Crippen MR) is 102 cm³/mol. The molecule has 0 aromatic heterocycles. The molecule has 1 aromatic rings. The van der Waals surface area contributed by atoms with E-state index in [1.54, 1.807) is 0 Å². The van der Waals surface area contributed by atoms with Gasteiger partial charge in [0.1, 0.15) is 5.82 Å². The lowest BCUT2D eigenvalue weighted by Gasteiger charge is -2.33. The van der Waals surface area contributed by atoms with Gasteiger partial charge >= 0.3 is 0 Å². The quantitative estimate of drug-likeness (QED) is 0.564. The number of likely N-dealkylation sites (tertiary alicyclic amines) is 1. The molecule has 2 saturated heterocycles. The van der Waals surface area contributed by atoms with Crippen molar-refractivity contribution >= 4 is 24.0 Å². The molecule has 2 fully saturated rings. The molecule has 7 nitrogen and oxygen atoms in total. The monoisotopic (exact) mass is 400 g/mol. The van der Waals surface area contributed by atoms with Crippen LogP contribution in [0.4, 0.5) is 10.1 Å². The van der Waals surface area contributed by atoms with E-state index in [9.17, 15) is 19.3 Å². The van der Waals surface area contributed by atoms with E-state index in [0.29, 0.717) is 24.6 Å². The summed E-state index contributed by atoms with van der Waals surface area (Å²) < 4.78 is 13.5. The molecule has 3 rings (SSSR count). The molecule has 2 heterocycles. The summed E-state index contributed by atoms with van der Waals surface area (Å²) in [5.41, 5.74) is 0.351. The summed E-state index contributed by atoms with van der Waals surface area (Å²) >= 11 is 0. The van der Waals surface area contributed by atoms with Gasteiger partial charge in [-0.15, -0.1) is 12.4 Å². The molecule has 1 amide bonds. The van der Waals surface area contributed by atoms with Gasteiger partial charge in [0.15, 0.2) is 0 Å². The SMILES string of the molecule is Cl.O=C(NCC1CCCN(Cc2cc(F)ccc2[N+](=O)[O-])C1)C1CCCN1. The second-order valence-corrected chi connectivity index (χ2v) is 7.17. The minimum absolute atomic E-state index is 0. The van der Waals surface area contributed by atoms with E-state index in [1.165, 1.54) is 12.1 Å². The topological polar surface area (TPSA) is 87.5 Å². The van der Waals surface area contributed by atoms with Gasteiger partial charge in [0.05, 0.1) is 11.0 Å². The third-order valence-corrected chi connectivity index (χ3v) is 5.18. The first-order valence-corrected chi connectivity index (χ1v) is 9.19. The Bertz CT molecular complexity index is 670. The Hall–Kier alpha value is -1.77. The van der Waals surface area contributed by atoms with Crippen molar-refractivity contribution < 1.29 is 14.1 Å². The van der Waals surface area contributed by atoms with Crippen LogP contribution in [0.5, 0.6) is 0 Å². The average molecular weight is 401 g/mol. The number of nitrogens with one attached hydrogen (secondary N) is 2. The molecule has 2 aliphatic rings. The van der Waals surface area contributed by atoms with Crippen molar-refractivity contribution in [2.75, 3.05) is 26.2 Å².